The number of unbranched alkanes of at least 4 members (excludes halogenated alkanes) is 1. The highest BCUT2D eigenvalue weighted by Crippen LogP contribution is 2.36. The smallest absolute Gasteiger partial charge is 0.326 e. The maximum atomic E-state index is 13.4. The van der Waals surface area contributed by atoms with Gasteiger partial charge in [0.05, 0.1) is 12.0 Å². The second-order valence-electron chi connectivity index (χ2n) is 8.16. The van der Waals surface area contributed by atoms with E-state index in [1.807, 2.05) is 36.6 Å². The number of ether oxygens (including phenoxy) is 2. The number of carbonyl (C=O) groups is 2. The molecule has 1 aliphatic rings. The quantitative estimate of drug-likeness (QED) is 0.413. The van der Waals surface area contributed by atoms with Crippen molar-refractivity contribution in [3.05, 3.63) is 59.0 Å². The van der Waals surface area contributed by atoms with Gasteiger partial charge in [0, 0.05) is 11.1 Å². The molecule has 8 heteroatoms. The Labute approximate surface area is 196 Å². The molecule has 3 N–H and O–H groups in total. The number of aliphatic carboxylic acids is 1. The summed E-state index contributed by atoms with van der Waals surface area (Å²) in [6.45, 7) is 2.11. The van der Waals surface area contributed by atoms with Gasteiger partial charge in [0.2, 0.25) is 12.7 Å². The summed E-state index contributed by atoms with van der Waals surface area (Å²) >= 11 is 1.54. The van der Waals surface area contributed by atoms with Crippen molar-refractivity contribution in [1.82, 2.24) is 5.32 Å². The van der Waals surface area contributed by atoms with E-state index in [1.54, 1.807) is 29.5 Å². The van der Waals surface area contributed by atoms with Gasteiger partial charge in [-0.25, -0.2) is 4.79 Å². The highest BCUT2D eigenvalue weighted by molar-refractivity contribution is 7.17. The Balaban J connectivity index is 1.58. The summed E-state index contributed by atoms with van der Waals surface area (Å²) in [4.78, 5) is 25.4. The van der Waals surface area contributed by atoms with Gasteiger partial charge in [-0.2, -0.15) is 0 Å². The second kappa shape index (κ2) is 10.2. The summed E-state index contributed by atoms with van der Waals surface area (Å²) in [6, 6.07) is 11.8. The van der Waals surface area contributed by atoms with Gasteiger partial charge in [-0.05, 0) is 46.5 Å². The summed E-state index contributed by atoms with van der Waals surface area (Å²) in [6.07, 6.45) is 1.25. The number of aliphatic hydroxyl groups excluding tert-OH is 1. The zero-order chi connectivity index (χ0) is 23.4. The Kier molecular flexibility index (Phi) is 7.15. The van der Waals surface area contributed by atoms with E-state index in [9.17, 15) is 19.8 Å². The molecule has 0 bridgehead atoms. The molecule has 2 unspecified atom stereocenters. The van der Waals surface area contributed by atoms with E-state index in [2.05, 4.69) is 5.32 Å². The van der Waals surface area contributed by atoms with Crippen LogP contribution >= 0.6 is 11.3 Å². The largest absolute Gasteiger partial charge is 0.480 e. The highest BCUT2D eigenvalue weighted by Gasteiger charge is 2.33. The van der Waals surface area contributed by atoms with E-state index in [1.165, 1.54) is 0 Å². The maximum Gasteiger partial charge on any atom is 0.326 e. The lowest BCUT2D eigenvalue weighted by Gasteiger charge is -2.25. The molecule has 174 valence electrons. The minimum absolute atomic E-state index is 0.101. The molecule has 4 rings (SSSR count). The van der Waals surface area contributed by atoms with Crippen molar-refractivity contribution in [1.29, 1.82) is 0 Å². The van der Waals surface area contributed by atoms with Gasteiger partial charge in [-0.3, -0.25) is 4.79 Å². The van der Waals surface area contributed by atoms with Crippen molar-refractivity contribution < 1.29 is 29.3 Å². The molecular formula is C25H27NO6S. The molecule has 3 aromatic rings. The zero-order valence-electron chi connectivity index (χ0n) is 18.3. The molecular weight excluding hydrogens is 442 g/mol. The van der Waals surface area contributed by atoms with E-state index in [0.29, 0.717) is 23.5 Å². The number of carboxylic acids is 1. The number of hydrogen-bond acceptors (Lipinski definition) is 6. The number of fused-ring (bicyclic) bond motifs is 2. The molecule has 1 amide bonds. The van der Waals surface area contributed by atoms with Crippen molar-refractivity contribution >= 4 is 33.3 Å². The third-order valence-corrected chi connectivity index (χ3v) is 6.89. The van der Waals surface area contributed by atoms with Crippen LogP contribution in [-0.4, -0.2) is 41.0 Å². The number of carbonyl (C=O) groups excluding carboxylic acids is 1. The Bertz CT molecular complexity index is 1140. The molecule has 0 saturated heterocycles. The lowest BCUT2D eigenvalue weighted by Crippen LogP contribution is -2.46. The minimum atomic E-state index is -1.12. The molecule has 33 heavy (non-hydrogen) atoms. The summed E-state index contributed by atoms with van der Waals surface area (Å²) < 4.78 is 11.8. The van der Waals surface area contributed by atoms with Gasteiger partial charge >= 0.3 is 5.97 Å². The molecule has 3 atom stereocenters. The van der Waals surface area contributed by atoms with Crippen molar-refractivity contribution in [3.63, 3.8) is 0 Å². The van der Waals surface area contributed by atoms with Crippen LogP contribution < -0.4 is 14.8 Å². The third-order valence-electron chi connectivity index (χ3n) is 5.88. The van der Waals surface area contributed by atoms with E-state index in [-0.39, 0.29) is 13.2 Å². The molecule has 0 fully saturated rings. The first-order chi connectivity index (χ1) is 16.0. The van der Waals surface area contributed by atoms with Gasteiger partial charge in [-0.1, -0.05) is 44.0 Å². The first kappa shape index (κ1) is 23.1. The Morgan fingerprint density at radius 3 is 2.73 bits per heavy atom. The maximum absolute atomic E-state index is 13.4. The van der Waals surface area contributed by atoms with Crippen molar-refractivity contribution in [2.45, 2.75) is 50.7 Å². The van der Waals surface area contributed by atoms with E-state index in [4.69, 9.17) is 9.47 Å². The molecule has 2 aromatic carbocycles. The van der Waals surface area contributed by atoms with Gasteiger partial charge in [0.25, 0.3) is 0 Å². The van der Waals surface area contributed by atoms with Crippen LogP contribution in [0.3, 0.4) is 0 Å². The number of aliphatic hydroxyl groups is 1. The predicted molar refractivity (Wildman–Crippen MR) is 126 cm³/mol. The highest BCUT2D eigenvalue weighted by atomic mass is 32.1. The first-order valence-corrected chi connectivity index (χ1v) is 11.9. The fourth-order valence-electron chi connectivity index (χ4n) is 4.11. The van der Waals surface area contributed by atoms with Crippen LogP contribution in [0.15, 0.2) is 47.8 Å². The SMILES string of the molecule is CCCCC(O)C(C(=O)N[C@@H](Cc1csc2ccccc12)C(=O)O)c1ccc2c(c1)OCO2. The number of benzene rings is 2. The molecule has 0 radical (unpaired) electrons. The average molecular weight is 470 g/mol. The molecule has 1 aromatic heterocycles. The number of nitrogens with one attached hydrogen (secondary N) is 1. The second-order valence-corrected chi connectivity index (χ2v) is 9.07. The first-order valence-electron chi connectivity index (χ1n) is 11.0. The van der Waals surface area contributed by atoms with Crippen LogP contribution in [0.25, 0.3) is 10.1 Å². The number of amides is 1. The van der Waals surface area contributed by atoms with Crippen LogP contribution in [0.2, 0.25) is 0 Å². The van der Waals surface area contributed by atoms with Gasteiger partial charge < -0.3 is 25.0 Å². The molecule has 1 aliphatic heterocycles. The summed E-state index contributed by atoms with van der Waals surface area (Å²) in [5.41, 5.74) is 1.43. The fourth-order valence-corrected chi connectivity index (χ4v) is 5.08. The average Bonchev–Trinajstić information content (AvgIpc) is 3.44. The summed E-state index contributed by atoms with van der Waals surface area (Å²) in [5, 5.41) is 26.3. The molecule has 2 heterocycles. The lowest BCUT2D eigenvalue weighted by atomic mass is 9.89. The Morgan fingerprint density at radius 1 is 1.15 bits per heavy atom. The minimum Gasteiger partial charge on any atom is -0.480 e. The lowest BCUT2D eigenvalue weighted by molar-refractivity contribution is -0.142. The van der Waals surface area contributed by atoms with Crippen LogP contribution in [0.1, 0.15) is 43.2 Å². The molecule has 0 saturated carbocycles. The number of thiophene rings is 1. The summed E-state index contributed by atoms with van der Waals surface area (Å²) in [5.74, 6) is -1.48. The van der Waals surface area contributed by atoms with Crippen LogP contribution in [0.4, 0.5) is 0 Å². The Morgan fingerprint density at radius 2 is 1.94 bits per heavy atom. The van der Waals surface area contributed by atoms with Crippen molar-refractivity contribution in [2.75, 3.05) is 6.79 Å². The van der Waals surface area contributed by atoms with Crippen LogP contribution in [0, 0.1) is 0 Å². The van der Waals surface area contributed by atoms with E-state index < -0.39 is 29.9 Å². The topological polar surface area (TPSA) is 105 Å². The molecule has 0 spiro atoms. The van der Waals surface area contributed by atoms with Gasteiger partial charge in [0.15, 0.2) is 11.5 Å². The van der Waals surface area contributed by atoms with Crippen molar-refractivity contribution in [2.24, 2.45) is 0 Å². The molecule has 0 aliphatic carbocycles. The fraction of sp³-hybridized carbons (Fsp3) is 0.360. The van der Waals surface area contributed by atoms with E-state index >= 15 is 0 Å². The normalized spacial score (nSPS) is 15.2. The van der Waals surface area contributed by atoms with Gasteiger partial charge in [0.1, 0.15) is 6.04 Å². The number of hydrogen-bond donors (Lipinski definition) is 3. The van der Waals surface area contributed by atoms with E-state index in [0.717, 1.165) is 28.5 Å². The monoisotopic (exact) mass is 469 g/mol. The Hall–Kier alpha value is -3.10. The van der Waals surface area contributed by atoms with Crippen molar-refractivity contribution in [3.8, 4) is 11.5 Å². The zero-order valence-corrected chi connectivity index (χ0v) is 19.1. The predicted octanol–water partition coefficient (Wildman–Crippen LogP) is 4.08. The molecule has 7 nitrogen and oxygen atoms in total. The summed E-state index contributed by atoms with van der Waals surface area (Å²) in [7, 11) is 0. The number of carboxylic acid groups (broad SMARTS) is 1. The van der Waals surface area contributed by atoms with Crippen LogP contribution in [0.5, 0.6) is 11.5 Å². The van der Waals surface area contributed by atoms with Gasteiger partial charge in [-0.15, -0.1) is 11.3 Å². The number of rotatable bonds is 10. The standard InChI is InChI=1S/C25H27NO6S/c1-2-3-7-19(27)23(15-9-10-20-21(12-15)32-14-31-20)24(28)26-18(25(29)30)11-16-13-33-22-8-5-4-6-17(16)22/h4-6,8-10,12-13,18-19,23,27H,2-3,7,11,14H2,1H3,(H,26,28)(H,29,30)/t18-,19?,23?/m0/s1. The third kappa shape index (κ3) is 5.12. The van der Waals surface area contributed by atoms with Crippen LogP contribution in [-0.2, 0) is 16.0 Å².